The van der Waals surface area contributed by atoms with Crippen LogP contribution in [0, 0.1) is 25.7 Å². The standard InChI is InChI=1S/C22H27BrN2O6/c1-4-30-21(29)14-15-20(28)25(8-9-26)18(22(15)10-13(23)17(14)31-22)19(27)24-16-11(2)6-5-7-12(16)3/h5-7,13-15,17-18,26H,4,8-10H2,1-3H3,(H,24,27)/t13?,14-,15+,17-,18?,22?/m1/s1. The zero-order valence-corrected chi connectivity index (χ0v) is 19.3. The summed E-state index contributed by atoms with van der Waals surface area (Å²) in [5.41, 5.74) is 1.34. The Hall–Kier alpha value is -1.97. The van der Waals surface area contributed by atoms with E-state index in [0.29, 0.717) is 12.1 Å². The molecule has 0 radical (unpaired) electrons. The van der Waals surface area contributed by atoms with E-state index in [1.54, 1.807) is 6.92 Å². The highest BCUT2D eigenvalue weighted by molar-refractivity contribution is 9.09. The Morgan fingerprint density at radius 3 is 2.65 bits per heavy atom. The van der Waals surface area contributed by atoms with Crippen molar-refractivity contribution in [1.82, 2.24) is 4.90 Å². The van der Waals surface area contributed by atoms with E-state index in [4.69, 9.17) is 9.47 Å². The zero-order valence-electron chi connectivity index (χ0n) is 17.8. The molecule has 2 N–H and O–H groups in total. The van der Waals surface area contributed by atoms with Gasteiger partial charge in [-0.05, 0) is 38.3 Å². The summed E-state index contributed by atoms with van der Waals surface area (Å²) in [6.07, 6.45) is -0.128. The molecule has 0 aliphatic carbocycles. The number of aliphatic hydroxyl groups excluding tert-OH is 1. The van der Waals surface area contributed by atoms with Crippen LogP contribution in [0.1, 0.15) is 24.5 Å². The Kier molecular flexibility index (Phi) is 5.87. The molecule has 3 fully saturated rings. The molecule has 0 aromatic heterocycles. The average Bonchev–Trinajstić information content (AvgIpc) is 3.29. The summed E-state index contributed by atoms with van der Waals surface area (Å²) < 4.78 is 11.5. The van der Waals surface area contributed by atoms with Gasteiger partial charge in [0.15, 0.2) is 0 Å². The second-order valence-electron chi connectivity index (χ2n) is 8.43. The van der Waals surface area contributed by atoms with E-state index in [0.717, 1.165) is 11.1 Å². The van der Waals surface area contributed by atoms with Crippen LogP contribution in [0.5, 0.6) is 0 Å². The van der Waals surface area contributed by atoms with E-state index in [2.05, 4.69) is 21.2 Å². The Bertz CT molecular complexity index is 903. The number of nitrogens with zero attached hydrogens (tertiary/aromatic N) is 1. The molecular weight excluding hydrogens is 468 g/mol. The van der Waals surface area contributed by atoms with Crippen molar-refractivity contribution in [2.45, 2.75) is 49.8 Å². The number of hydrogen-bond donors (Lipinski definition) is 2. The van der Waals surface area contributed by atoms with Crippen LogP contribution in [0.15, 0.2) is 18.2 Å². The van der Waals surface area contributed by atoms with Crippen LogP contribution in [-0.2, 0) is 23.9 Å². The molecule has 2 amide bonds. The highest BCUT2D eigenvalue weighted by Gasteiger charge is 2.76. The molecular formula is C22H27BrN2O6. The first-order valence-corrected chi connectivity index (χ1v) is 11.4. The Morgan fingerprint density at radius 1 is 1.35 bits per heavy atom. The van der Waals surface area contributed by atoms with Gasteiger partial charge < -0.3 is 24.8 Å². The number of fused-ring (bicyclic) bond motifs is 1. The molecule has 9 heteroatoms. The predicted molar refractivity (Wildman–Crippen MR) is 116 cm³/mol. The normalized spacial score (nSPS) is 33.5. The molecule has 8 nitrogen and oxygen atoms in total. The van der Waals surface area contributed by atoms with Gasteiger partial charge in [-0.2, -0.15) is 0 Å². The molecule has 3 saturated heterocycles. The number of benzene rings is 1. The number of aryl methyl sites for hydroxylation is 2. The minimum absolute atomic E-state index is 0.0154. The van der Waals surface area contributed by atoms with Crippen LogP contribution in [-0.4, -0.2) is 70.1 Å². The minimum Gasteiger partial charge on any atom is -0.466 e. The number of rotatable bonds is 6. The van der Waals surface area contributed by atoms with Gasteiger partial charge >= 0.3 is 5.97 Å². The van der Waals surface area contributed by atoms with Crippen molar-refractivity contribution in [3.63, 3.8) is 0 Å². The van der Waals surface area contributed by atoms with Crippen molar-refractivity contribution in [2.24, 2.45) is 11.8 Å². The summed E-state index contributed by atoms with van der Waals surface area (Å²) in [6.45, 7) is 5.39. The molecule has 1 aromatic carbocycles. The number of anilines is 1. The third-order valence-electron chi connectivity index (χ3n) is 6.67. The second-order valence-corrected chi connectivity index (χ2v) is 9.60. The summed E-state index contributed by atoms with van der Waals surface area (Å²) >= 11 is 3.59. The number of para-hydroxylation sites is 1. The molecule has 1 spiro atoms. The number of alkyl halides is 1. The summed E-state index contributed by atoms with van der Waals surface area (Å²) in [6, 6.07) is 4.75. The third kappa shape index (κ3) is 3.29. The number of carbonyl (C=O) groups is 3. The maximum absolute atomic E-state index is 13.6. The average molecular weight is 495 g/mol. The fourth-order valence-corrected chi connectivity index (χ4v) is 6.43. The van der Waals surface area contributed by atoms with Gasteiger partial charge in [-0.25, -0.2) is 0 Å². The van der Waals surface area contributed by atoms with Gasteiger partial charge in [0.2, 0.25) is 11.8 Å². The molecule has 3 aliphatic rings. The van der Waals surface area contributed by atoms with Crippen LogP contribution < -0.4 is 5.32 Å². The fraction of sp³-hybridized carbons (Fsp3) is 0.591. The Balaban J connectivity index is 1.74. The van der Waals surface area contributed by atoms with E-state index >= 15 is 0 Å². The molecule has 168 valence electrons. The first-order valence-electron chi connectivity index (χ1n) is 10.5. The molecule has 6 atom stereocenters. The predicted octanol–water partition coefficient (Wildman–Crippen LogP) is 1.55. The van der Waals surface area contributed by atoms with Gasteiger partial charge in [0, 0.05) is 17.1 Å². The molecule has 3 aliphatic heterocycles. The number of carbonyl (C=O) groups excluding carboxylic acids is 3. The minimum atomic E-state index is -1.15. The van der Waals surface area contributed by atoms with Crippen LogP contribution in [0.25, 0.3) is 0 Å². The quantitative estimate of drug-likeness (QED) is 0.459. The lowest BCUT2D eigenvalue weighted by Crippen LogP contribution is -2.54. The van der Waals surface area contributed by atoms with Gasteiger partial charge in [0.1, 0.15) is 11.6 Å². The lowest BCUT2D eigenvalue weighted by Gasteiger charge is -2.34. The summed E-state index contributed by atoms with van der Waals surface area (Å²) in [5.74, 6) is -2.82. The Labute approximate surface area is 189 Å². The number of esters is 1. The van der Waals surface area contributed by atoms with Gasteiger partial charge in [-0.1, -0.05) is 34.1 Å². The first kappa shape index (κ1) is 22.2. The second kappa shape index (κ2) is 8.18. The van der Waals surface area contributed by atoms with E-state index in [1.165, 1.54) is 4.90 Å². The highest BCUT2D eigenvalue weighted by atomic mass is 79.9. The largest absolute Gasteiger partial charge is 0.466 e. The number of amides is 2. The number of halogens is 1. The smallest absolute Gasteiger partial charge is 0.312 e. The van der Waals surface area contributed by atoms with Gasteiger partial charge in [0.05, 0.1) is 31.2 Å². The van der Waals surface area contributed by atoms with Crippen LogP contribution >= 0.6 is 15.9 Å². The molecule has 3 heterocycles. The maximum atomic E-state index is 13.6. The van der Waals surface area contributed by atoms with E-state index in [9.17, 15) is 19.5 Å². The molecule has 2 bridgehead atoms. The highest BCUT2D eigenvalue weighted by Crippen LogP contribution is 2.60. The van der Waals surface area contributed by atoms with Gasteiger partial charge in [-0.3, -0.25) is 14.4 Å². The van der Waals surface area contributed by atoms with Crippen molar-refractivity contribution in [3.8, 4) is 0 Å². The molecule has 31 heavy (non-hydrogen) atoms. The van der Waals surface area contributed by atoms with Crippen molar-refractivity contribution in [3.05, 3.63) is 29.3 Å². The van der Waals surface area contributed by atoms with Crippen LogP contribution in [0.4, 0.5) is 5.69 Å². The monoisotopic (exact) mass is 494 g/mol. The lowest BCUT2D eigenvalue weighted by atomic mass is 9.70. The first-order chi connectivity index (χ1) is 14.8. The van der Waals surface area contributed by atoms with E-state index < -0.39 is 35.6 Å². The molecule has 4 rings (SSSR count). The van der Waals surface area contributed by atoms with Crippen molar-refractivity contribution >= 4 is 39.4 Å². The van der Waals surface area contributed by atoms with E-state index in [-0.39, 0.29) is 36.4 Å². The van der Waals surface area contributed by atoms with Crippen molar-refractivity contribution in [1.29, 1.82) is 0 Å². The number of likely N-dealkylation sites (tertiary alicyclic amines) is 1. The number of nitrogens with one attached hydrogen (secondary N) is 1. The topological polar surface area (TPSA) is 105 Å². The van der Waals surface area contributed by atoms with Crippen LogP contribution in [0.2, 0.25) is 0 Å². The molecule has 1 aromatic rings. The van der Waals surface area contributed by atoms with E-state index in [1.807, 2.05) is 32.0 Å². The Morgan fingerprint density at radius 2 is 2.03 bits per heavy atom. The van der Waals surface area contributed by atoms with Gasteiger partial charge in [-0.15, -0.1) is 0 Å². The van der Waals surface area contributed by atoms with Crippen LogP contribution in [0.3, 0.4) is 0 Å². The number of hydrogen-bond acceptors (Lipinski definition) is 6. The maximum Gasteiger partial charge on any atom is 0.312 e. The summed E-state index contributed by atoms with van der Waals surface area (Å²) in [5, 5.41) is 12.6. The van der Waals surface area contributed by atoms with Crippen molar-refractivity contribution < 1.29 is 29.0 Å². The zero-order chi connectivity index (χ0) is 22.5. The van der Waals surface area contributed by atoms with Gasteiger partial charge in [0.25, 0.3) is 0 Å². The number of β-amino-alcohol motifs (C(OH)–C–C–N with tert-alkyl or cyclic N) is 1. The summed E-state index contributed by atoms with van der Waals surface area (Å²) in [4.78, 5) is 40.9. The molecule has 3 unspecified atom stereocenters. The third-order valence-corrected chi connectivity index (χ3v) is 7.51. The lowest BCUT2D eigenvalue weighted by molar-refractivity contribution is -0.154. The summed E-state index contributed by atoms with van der Waals surface area (Å²) in [7, 11) is 0. The SMILES string of the molecule is CCOC(=O)[C@H]1[C@@H]2OC3(CC2Br)C(C(=O)Nc2c(C)cccc2C)N(CCO)C(=O)[C@H]13. The fourth-order valence-electron chi connectivity index (χ4n) is 5.49. The van der Waals surface area contributed by atoms with Crippen molar-refractivity contribution in [2.75, 3.05) is 25.1 Å². The molecule has 0 saturated carbocycles. The number of aliphatic hydroxyl groups is 1. The number of ether oxygens (including phenoxy) is 2.